The molecular formula is C31H32FN5O3S. The normalized spacial score (nSPS) is 14.3. The number of aromatic nitrogens is 3. The number of fused-ring (bicyclic) bond motifs is 1. The predicted molar refractivity (Wildman–Crippen MR) is 159 cm³/mol. The Bertz CT molecular complexity index is 1600. The first-order valence-electron chi connectivity index (χ1n) is 13.4. The molecule has 3 aromatic carbocycles. The lowest BCUT2D eigenvalue weighted by atomic mass is 9.94. The van der Waals surface area contributed by atoms with Crippen molar-refractivity contribution in [1.29, 1.82) is 0 Å². The van der Waals surface area contributed by atoms with Crippen molar-refractivity contribution in [3.8, 4) is 11.5 Å². The minimum Gasteiger partial charge on any atom is -0.493 e. The van der Waals surface area contributed by atoms with Gasteiger partial charge in [-0.3, -0.25) is 4.79 Å². The summed E-state index contributed by atoms with van der Waals surface area (Å²) in [6, 6.07) is 19.0. The van der Waals surface area contributed by atoms with Crippen LogP contribution in [0.2, 0.25) is 0 Å². The molecule has 1 aliphatic rings. The first kappa shape index (κ1) is 28.2. The predicted octanol–water partition coefficient (Wildman–Crippen LogP) is 6.74. The van der Waals surface area contributed by atoms with Gasteiger partial charge in [0.05, 0.1) is 12.7 Å². The van der Waals surface area contributed by atoms with Gasteiger partial charge in [-0.05, 0) is 55.7 Å². The van der Waals surface area contributed by atoms with Gasteiger partial charge in [-0.15, -0.1) is 5.10 Å². The molecule has 0 saturated carbocycles. The fourth-order valence-corrected chi connectivity index (χ4v) is 5.32. The quantitative estimate of drug-likeness (QED) is 0.203. The number of carbonyl (C=O) groups is 1. The van der Waals surface area contributed by atoms with Crippen LogP contribution in [0.5, 0.6) is 11.5 Å². The Labute approximate surface area is 243 Å². The van der Waals surface area contributed by atoms with Crippen molar-refractivity contribution in [1.82, 2.24) is 14.8 Å². The highest BCUT2D eigenvalue weighted by Crippen LogP contribution is 2.40. The Balaban J connectivity index is 1.52. The highest BCUT2D eigenvalue weighted by atomic mass is 32.2. The van der Waals surface area contributed by atoms with E-state index in [0.717, 1.165) is 29.0 Å². The number of nitrogens with one attached hydrogen (secondary N) is 2. The lowest BCUT2D eigenvalue weighted by molar-refractivity contribution is -0.113. The first-order chi connectivity index (χ1) is 19.9. The molecule has 8 nitrogen and oxygen atoms in total. The average Bonchev–Trinajstić information content (AvgIpc) is 3.38. The number of benzene rings is 3. The molecule has 1 aliphatic heterocycles. The number of anilines is 2. The van der Waals surface area contributed by atoms with E-state index in [-0.39, 0.29) is 18.3 Å². The van der Waals surface area contributed by atoms with Crippen LogP contribution in [0.15, 0.2) is 83.2 Å². The fraction of sp³-hybridized carbons (Fsp3) is 0.258. The van der Waals surface area contributed by atoms with E-state index in [0.29, 0.717) is 39.4 Å². The van der Waals surface area contributed by atoms with Crippen molar-refractivity contribution in [2.75, 3.05) is 23.5 Å². The number of nitrogens with zero attached hydrogens (tertiary/aromatic N) is 3. The van der Waals surface area contributed by atoms with Gasteiger partial charge in [0.2, 0.25) is 11.1 Å². The van der Waals surface area contributed by atoms with Crippen molar-refractivity contribution >= 4 is 29.3 Å². The third-order valence-electron chi connectivity index (χ3n) is 6.75. The summed E-state index contributed by atoms with van der Waals surface area (Å²) in [7, 11) is 1.55. The van der Waals surface area contributed by atoms with Crippen LogP contribution in [0.4, 0.5) is 16.0 Å². The van der Waals surface area contributed by atoms with Gasteiger partial charge in [-0.2, -0.15) is 4.98 Å². The van der Waals surface area contributed by atoms with E-state index < -0.39 is 6.04 Å². The fourth-order valence-electron chi connectivity index (χ4n) is 4.64. The third kappa shape index (κ3) is 6.07. The number of allylic oxidation sites excluding steroid dienone is 1. The molecule has 1 unspecified atom stereocenters. The molecule has 0 fully saturated rings. The summed E-state index contributed by atoms with van der Waals surface area (Å²) in [6.07, 6.45) is 0.984. The topological polar surface area (TPSA) is 90.3 Å². The lowest BCUT2D eigenvalue weighted by Crippen LogP contribution is -2.31. The smallest absolute Gasteiger partial charge is 0.255 e. The number of hydrogen-bond acceptors (Lipinski definition) is 7. The Morgan fingerprint density at radius 3 is 2.63 bits per heavy atom. The molecule has 212 valence electrons. The van der Waals surface area contributed by atoms with Crippen molar-refractivity contribution in [3.63, 3.8) is 0 Å². The van der Waals surface area contributed by atoms with Crippen molar-refractivity contribution in [3.05, 3.63) is 101 Å². The van der Waals surface area contributed by atoms with E-state index >= 15 is 0 Å². The Morgan fingerprint density at radius 2 is 1.88 bits per heavy atom. The Hall–Kier alpha value is -4.31. The van der Waals surface area contributed by atoms with Gasteiger partial charge in [0.25, 0.3) is 5.91 Å². The van der Waals surface area contributed by atoms with E-state index in [9.17, 15) is 9.18 Å². The van der Waals surface area contributed by atoms with Crippen molar-refractivity contribution < 1.29 is 18.7 Å². The molecule has 1 aromatic heterocycles. The third-order valence-corrected chi connectivity index (χ3v) is 7.79. The maximum atomic E-state index is 14.2. The number of carbonyl (C=O) groups excluding carboxylic acids is 1. The van der Waals surface area contributed by atoms with Gasteiger partial charge in [0, 0.05) is 22.7 Å². The van der Waals surface area contributed by atoms with E-state index in [1.54, 1.807) is 47.8 Å². The summed E-state index contributed by atoms with van der Waals surface area (Å²) in [6.45, 7) is 5.96. The molecule has 1 atom stereocenters. The van der Waals surface area contributed by atoms with Gasteiger partial charge < -0.3 is 20.1 Å². The summed E-state index contributed by atoms with van der Waals surface area (Å²) in [5.41, 5.74) is 4.06. The zero-order chi connectivity index (χ0) is 28.9. The minimum atomic E-state index is -0.590. The van der Waals surface area contributed by atoms with Crippen LogP contribution in [0.1, 0.15) is 43.0 Å². The van der Waals surface area contributed by atoms with Crippen LogP contribution in [-0.2, 0) is 11.4 Å². The van der Waals surface area contributed by atoms with E-state index in [1.165, 1.54) is 6.07 Å². The van der Waals surface area contributed by atoms with Crippen molar-refractivity contribution in [2.24, 2.45) is 0 Å². The molecule has 2 heterocycles. The summed E-state index contributed by atoms with van der Waals surface area (Å²) < 4.78 is 27.5. The second-order valence-corrected chi connectivity index (χ2v) is 10.7. The number of amides is 1. The monoisotopic (exact) mass is 573 g/mol. The number of methoxy groups -OCH3 is 1. The van der Waals surface area contributed by atoms with Gasteiger partial charge in [-0.25, -0.2) is 9.07 Å². The maximum absolute atomic E-state index is 14.2. The highest BCUT2D eigenvalue weighted by Gasteiger charge is 2.35. The van der Waals surface area contributed by atoms with E-state index in [2.05, 4.69) is 22.5 Å². The van der Waals surface area contributed by atoms with Crippen LogP contribution < -0.4 is 20.1 Å². The van der Waals surface area contributed by atoms with Crippen molar-refractivity contribution in [2.45, 2.75) is 45.0 Å². The van der Waals surface area contributed by atoms with Crippen LogP contribution >= 0.6 is 11.8 Å². The highest BCUT2D eigenvalue weighted by molar-refractivity contribution is 7.99. The molecule has 2 N–H and O–H groups in total. The lowest BCUT2D eigenvalue weighted by Gasteiger charge is -2.29. The molecule has 0 aliphatic carbocycles. The summed E-state index contributed by atoms with van der Waals surface area (Å²) in [5, 5.41) is 11.8. The van der Waals surface area contributed by atoms with Crippen LogP contribution in [0.3, 0.4) is 0 Å². The number of rotatable bonds is 10. The molecule has 0 radical (unpaired) electrons. The Kier molecular flexibility index (Phi) is 8.58. The molecule has 4 aromatic rings. The standard InChI is InChI=1S/C31H32FN5O3S/c1-5-16-41-31-35-30-33-20(3)27(29(38)34-24-13-9-6-10-19(24)2)28(37(30)36-31)21-14-15-25(26(17-21)39-4)40-18-22-11-7-8-12-23(22)32/h6-15,17,28H,5,16,18H2,1-4H3,(H,34,38)(H,33,35,36). The van der Waals surface area contributed by atoms with Crippen LogP contribution in [-0.4, -0.2) is 33.5 Å². The number of para-hydroxylation sites is 1. The average molecular weight is 574 g/mol. The second-order valence-electron chi connectivity index (χ2n) is 9.64. The SMILES string of the molecule is CCCSc1nc2n(n1)C(c1ccc(OCc3ccccc3F)c(OC)c1)C(C(=O)Nc1ccccc1C)=C(C)N2. The molecule has 41 heavy (non-hydrogen) atoms. The molecule has 1 amide bonds. The van der Waals surface area contributed by atoms with Crippen LogP contribution in [0.25, 0.3) is 0 Å². The first-order valence-corrected chi connectivity index (χ1v) is 14.4. The molecule has 10 heteroatoms. The molecule has 0 spiro atoms. The maximum Gasteiger partial charge on any atom is 0.255 e. The number of aryl methyl sites for hydroxylation is 1. The molecule has 0 bridgehead atoms. The summed E-state index contributed by atoms with van der Waals surface area (Å²) >= 11 is 1.56. The Morgan fingerprint density at radius 1 is 1.10 bits per heavy atom. The minimum absolute atomic E-state index is 0.0457. The molecule has 5 rings (SSSR count). The van der Waals surface area contributed by atoms with Gasteiger partial charge in [-0.1, -0.05) is 61.2 Å². The number of halogens is 1. The second kappa shape index (κ2) is 12.5. The van der Waals surface area contributed by atoms with Gasteiger partial charge in [0.15, 0.2) is 11.5 Å². The zero-order valence-corrected chi connectivity index (χ0v) is 24.2. The molecule has 0 saturated heterocycles. The number of hydrogen-bond donors (Lipinski definition) is 2. The number of ether oxygens (including phenoxy) is 2. The van der Waals surface area contributed by atoms with Gasteiger partial charge in [0.1, 0.15) is 18.5 Å². The zero-order valence-electron chi connectivity index (χ0n) is 23.4. The van der Waals surface area contributed by atoms with E-state index in [4.69, 9.17) is 14.6 Å². The van der Waals surface area contributed by atoms with Gasteiger partial charge >= 0.3 is 0 Å². The molecular weight excluding hydrogens is 541 g/mol. The number of thioether (sulfide) groups is 1. The summed E-state index contributed by atoms with van der Waals surface area (Å²) in [5.74, 6) is 1.75. The van der Waals surface area contributed by atoms with Crippen LogP contribution in [0, 0.1) is 12.7 Å². The summed E-state index contributed by atoms with van der Waals surface area (Å²) in [4.78, 5) is 18.5. The largest absolute Gasteiger partial charge is 0.493 e. The van der Waals surface area contributed by atoms with E-state index in [1.807, 2.05) is 50.2 Å².